The molecule has 1 aliphatic heterocycles. The Kier molecular flexibility index (Phi) is 4.05. The van der Waals surface area contributed by atoms with Crippen molar-refractivity contribution in [2.75, 3.05) is 6.54 Å². The number of hydrogen-bond donors (Lipinski definition) is 0. The molecule has 3 rings (SSSR count). The molecular formula is C17H23N3O2. The van der Waals surface area contributed by atoms with Crippen molar-refractivity contribution in [3.63, 3.8) is 0 Å². The molecule has 1 saturated heterocycles. The predicted octanol–water partition coefficient (Wildman–Crippen LogP) is 3.19. The number of furan rings is 1. The van der Waals surface area contributed by atoms with E-state index in [4.69, 9.17) is 4.42 Å². The lowest BCUT2D eigenvalue weighted by Crippen LogP contribution is -2.31. The number of amides is 1. The molecule has 118 valence electrons. The van der Waals surface area contributed by atoms with Gasteiger partial charge in [-0.15, -0.1) is 0 Å². The third kappa shape index (κ3) is 2.80. The summed E-state index contributed by atoms with van der Waals surface area (Å²) in [6, 6.07) is 5.80. The Morgan fingerprint density at radius 3 is 3.00 bits per heavy atom. The number of aryl methyl sites for hydroxylation is 1. The molecule has 1 fully saturated rings. The highest BCUT2D eigenvalue weighted by Crippen LogP contribution is 2.33. The van der Waals surface area contributed by atoms with Gasteiger partial charge in [-0.1, -0.05) is 13.8 Å². The van der Waals surface area contributed by atoms with Crippen LogP contribution in [0.1, 0.15) is 54.7 Å². The van der Waals surface area contributed by atoms with Crippen molar-refractivity contribution in [3.8, 4) is 0 Å². The van der Waals surface area contributed by atoms with Crippen LogP contribution in [-0.2, 0) is 13.5 Å². The summed E-state index contributed by atoms with van der Waals surface area (Å²) < 4.78 is 7.21. The molecule has 0 N–H and O–H groups in total. The van der Waals surface area contributed by atoms with Gasteiger partial charge in [-0.05, 0) is 43.4 Å². The number of rotatable bonds is 4. The molecule has 0 aliphatic carbocycles. The van der Waals surface area contributed by atoms with Gasteiger partial charge in [0.15, 0.2) is 0 Å². The molecular weight excluding hydrogens is 278 g/mol. The quantitative estimate of drug-likeness (QED) is 0.871. The van der Waals surface area contributed by atoms with Crippen LogP contribution in [0.5, 0.6) is 0 Å². The van der Waals surface area contributed by atoms with Gasteiger partial charge in [0.2, 0.25) is 0 Å². The number of aromatic nitrogens is 2. The van der Waals surface area contributed by atoms with E-state index >= 15 is 0 Å². The van der Waals surface area contributed by atoms with Crippen molar-refractivity contribution in [1.82, 2.24) is 14.7 Å². The Balaban J connectivity index is 1.82. The van der Waals surface area contributed by atoms with E-state index in [1.807, 2.05) is 30.1 Å². The predicted molar refractivity (Wildman–Crippen MR) is 83.5 cm³/mol. The van der Waals surface area contributed by atoms with E-state index in [0.29, 0.717) is 11.6 Å². The molecule has 1 unspecified atom stereocenters. The van der Waals surface area contributed by atoms with Gasteiger partial charge in [0.05, 0.1) is 18.0 Å². The van der Waals surface area contributed by atoms with Crippen molar-refractivity contribution in [2.45, 2.75) is 39.2 Å². The third-order valence-electron chi connectivity index (χ3n) is 4.15. The average Bonchev–Trinajstić information content (AvgIpc) is 3.16. The Hall–Kier alpha value is -2.04. The van der Waals surface area contributed by atoms with Crippen LogP contribution in [0, 0.1) is 5.92 Å². The third-order valence-corrected chi connectivity index (χ3v) is 4.15. The molecule has 3 heterocycles. The van der Waals surface area contributed by atoms with Crippen LogP contribution in [0.25, 0.3) is 0 Å². The minimum absolute atomic E-state index is 0.0453. The zero-order chi connectivity index (χ0) is 15.7. The van der Waals surface area contributed by atoms with E-state index in [-0.39, 0.29) is 11.9 Å². The Morgan fingerprint density at radius 1 is 1.50 bits per heavy atom. The van der Waals surface area contributed by atoms with E-state index in [1.165, 1.54) is 0 Å². The van der Waals surface area contributed by atoms with Crippen molar-refractivity contribution in [3.05, 3.63) is 41.6 Å². The molecule has 0 saturated carbocycles. The van der Waals surface area contributed by atoms with Crippen LogP contribution >= 0.6 is 0 Å². The molecule has 1 aliphatic rings. The summed E-state index contributed by atoms with van der Waals surface area (Å²) in [7, 11) is 1.84. The molecule has 0 bridgehead atoms. The van der Waals surface area contributed by atoms with E-state index in [9.17, 15) is 4.79 Å². The molecule has 0 spiro atoms. The maximum absolute atomic E-state index is 12.9. The normalized spacial score (nSPS) is 18.4. The van der Waals surface area contributed by atoms with Crippen molar-refractivity contribution in [2.24, 2.45) is 13.0 Å². The first-order valence-corrected chi connectivity index (χ1v) is 7.93. The zero-order valence-electron chi connectivity index (χ0n) is 13.5. The largest absolute Gasteiger partial charge is 0.467 e. The average molecular weight is 301 g/mol. The maximum Gasteiger partial charge on any atom is 0.272 e. The molecule has 1 atom stereocenters. The van der Waals surface area contributed by atoms with Crippen LogP contribution in [0.2, 0.25) is 0 Å². The summed E-state index contributed by atoms with van der Waals surface area (Å²) in [6.07, 6.45) is 4.52. The summed E-state index contributed by atoms with van der Waals surface area (Å²) in [5, 5.41) is 4.48. The number of hydrogen-bond acceptors (Lipinski definition) is 3. The second kappa shape index (κ2) is 5.99. The van der Waals surface area contributed by atoms with E-state index in [0.717, 1.165) is 37.3 Å². The monoisotopic (exact) mass is 301 g/mol. The highest BCUT2D eigenvalue weighted by atomic mass is 16.3. The van der Waals surface area contributed by atoms with Crippen molar-refractivity contribution < 1.29 is 9.21 Å². The first kappa shape index (κ1) is 14.9. The number of carbonyl (C=O) groups is 1. The van der Waals surface area contributed by atoms with Gasteiger partial charge in [0.1, 0.15) is 11.5 Å². The lowest BCUT2D eigenvalue weighted by Gasteiger charge is -2.22. The van der Waals surface area contributed by atoms with Crippen LogP contribution in [0.15, 0.2) is 28.9 Å². The van der Waals surface area contributed by atoms with Crippen LogP contribution < -0.4 is 0 Å². The minimum Gasteiger partial charge on any atom is -0.467 e. The Labute approximate surface area is 130 Å². The van der Waals surface area contributed by atoms with E-state index in [1.54, 1.807) is 10.9 Å². The molecule has 5 nitrogen and oxygen atoms in total. The smallest absolute Gasteiger partial charge is 0.272 e. The lowest BCUT2D eigenvalue weighted by molar-refractivity contribution is 0.0708. The second-order valence-electron chi connectivity index (χ2n) is 6.41. The van der Waals surface area contributed by atoms with Gasteiger partial charge in [-0.3, -0.25) is 9.48 Å². The Bertz CT molecular complexity index is 643. The van der Waals surface area contributed by atoms with Crippen LogP contribution in [0.4, 0.5) is 0 Å². The topological polar surface area (TPSA) is 51.3 Å². The molecule has 0 aromatic carbocycles. The fourth-order valence-electron chi connectivity index (χ4n) is 3.18. The molecule has 0 radical (unpaired) electrons. The number of carbonyl (C=O) groups excluding carboxylic acids is 1. The highest BCUT2D eigenvalue weighted by molar-refractivity contribution is 5.93. The summed E-state index contributed by atoms with van der Waals surface area (Å²) in [6.45, 7) is 5.09. The lowest BCUT2D eigenvalue weighted by atomic mass is 10.1. The van der Waals surface area contributed by atoms with Gasteiger partial charge >= 0.3 is 0 Å². The molecule has 1 amide bonds. The van der Waals surface area contributed by atoms with Gasteiger partial charge in [-0.2, -0.15) is 5.10 Å². The first-order valence-electron chi connectivity index (χ1n) is 7.93. The maximum atomic E-state index is 12.9. The standard InChI is InChI=1S/C17H23N3O2/c1-12(2)10-13-11-15(19(3)18-13)17(21)20-8-4-6-14(20)16-7-5-9-22-16/h5,7,9,11-12,14H,4,6,8,10H2,1-3H3. The zero-order valence-corrected chi connectivity index (χ0v) is 13.5. The molecule has 2 aromatic heterocycles. The second-order valence-corrected chi connectivity index (χ2v) is 6.41. The number of nitrogens with zero attached hydrogens (tertiary/aromatic N) is 3. The SMILES string of the molecule is CC(C)Cc1cc(C(=O)N2CCCC2c2ccco2)n(C)n1. The number of likely N-dealkylation sites (tertiary alicyclic amines) is 1. The fraction of sp³-hybridized carbons (Fsp3) is 0.529. The summed E-state index contributed by atoms with van der Waals surface area (Å²) >= 11 is 0. The summed E-state index contributed by atoms with van der Waals surface area (Å²) in [5.41, 5.74) is 1.64. The minimum atomic E-state index is 0.0453. The molecule has 2 aromatic rings. The highest BCUT2D eigenvalue weighted by Gasteiger charge is 2.33. The van der Waals surface area contributed by atoms with Crippen molar-refractivity contribution in [1.29, 1.82) is 0 Å². The molecule has 5 heteroatoms. The van der Waals surface area contributed by atoms with E-state index in [2.05, 4.69) is 18.9 Å². The van der Waals surface area contributed by atoms with Crippen LogP contribution in [0.3, 0.4) is 0 Å². The van der Waals surface area contributed by atoms with Gasteiger partial charge in [-0.25, -0.2) is 0 Å². The summed E-state index contributed by atoms with van der Waals surface area (Å²) in [4.78, 5) is 14.8. The summed E-state index contributed by atoms with van der Waals surface area (Å²) in [5.74, 6) is 1.44. The van der Waals surface area contributed by atoms with Gasteiger partial charge in [0.25, 0.3) is 5.91 Å². The van der Waals surface area contributed by atoms with Crippen molar-refractivity contribution >= 4 is 5.91 Å². The van der Waals surface area contributed by atoms with Gasteiger partial charge in [0, 0.05) is 13.6 Å². The van der Waals surface area contributed by atoms with Gasteiger partial charge < -0.3 is 9.32 Å². The first-order chi connectivity index (χ1) is 10.6. The van der Waals surface area contributed by atoms with E-state index < -0.39 is 0 Å². The Morgan fingerprint density at radius 2 is 2.32 bits per heavy atom. The fourth-order valence-corrected chi connectivity index (χ4v) is 3.18. The molecule has 22 heavy (non-hydrogen) atoms. The van der Waals surface area contributed by atoms with Crippen LogP contribution in [-0.4, -0.2) is 27.1 Å².